The van der Waals surface area contributed by atoms with E-state index in [2.05, 4.69) is 11.4 Å². The Morgan fingerprint density at radius 2 is 1.71 bits per heavy atom. The lowest BCUT2D eigenvalue weighted by Gasteiger charge is -2.32. The van der Waals surface area contributed by atoms with Gasteiger partial charge >= 0.3 is 5.97 Å². The van der Waals surface area contributed by atoms with E-state index >= 15 is 0 Å². The van der Waals surface area contributed by atoms with Crippen molar-refractivity contribution < 1.29 is 23.9 Å². The normalized spacial score (nSPS) is 17.5. The smallest absolute Gasteiger partial charge is 0.338 e. The summed E-state index contributed by atoms with van der Waals surface area (Å²) in [6, 6.07) is 12.5. The molecule has 0 radical (unpaired) electrons. The van der Waals surface area contributed by atoms with Crippen molar-refractivity contribution in [2.45, 2.75) is 50.7 Å². The molecule has 2 aliphatic rings. The van der Waals surface area contributed by atoms with E-state index in [1.807, 2.05) is 0 Å². The SMILES string of the molecule is CC(OC(=O)c1ccc2c(c1)C(=O)N(c1ccc(Cl)cc1)C2=O)C(=O)NC1(C#N)CCCCC1. The summed E-state index contributed by atoms with van der Waals surface area (Å²) in [5, 5.41) is 12.7. The number of ether oxygens (including phenoxy) is 1. The molecule has 34 heavy (non-hydrogen) atoms. The molecule has 1 atom stereocenters. The minimum absolute atomic E-state index is 0.0326. The second kappa shape index (κ2) is 9.27. The monoisotopic (exact) mass is 479 g/mol. The van der Waals surface area contributed by atoms with Crippen LogP contribution in [0.15, 0.2) is 42.5 Å². The summed E-state index contributed by atoms with van der Waals surface area (Å²) in [7, 11) is 0. The number of nitrogens with zero attached hydrogens (tertiary/aromatic N) is 2. The molecule has 0 aromatic heterocycles. The number of hydrogen-bond acceptors (Lipinski definition) is 6. The number of carbonyl (C=O) groups excluding carboxylic acids is 4. The van der Waals surface area contributed by atoms with E-state index in [9.17, 15) is 24.4 Å². The molecule has 1 N–H and O–H groups in total. The quantitative estimate of drug-likeness (QED) is 0.511. The molecule has 1 aliphatic heterocycles. The lowest BCUT2D eigenvalue weighted by Crippen LogP contribution is -2.52. The lowest BCUT2D eigenvalue weighted by atomic mass is 9.83. The Bertz CT molecular complexity index is 1210. The molecule has 8 nitrogen and oxygen atoms in total. The van der Waals surface area contributed by atoms with E-state index in [-0.39, 0.29) is 16.7 Å². The largest absolute Gasteiger partial charge is 0.449 e. The van der Waals surface area contributed by atoms with Crippen LogP contribution in [0.3, 0.4) is 0 Å². The number of halogens is 1. The first kappa shape index (κ1) is 23.5. The average Bonchev–Trinajstić information content (AvgIpc) is 3.09. The zero-order valence-electron chi connectivity index (χ0n) is 18.5. The molecule has 0 bridgehead atoms. The van der Waals surface area contributed by atoms with Crippen LogP contribution in [0.5, 0.6) is 0 Å². The molecular weight excluding hydrogens is 458 g/mol. The third-order valence-corrected chi connectivity index (χ3v) is 6.40. The predicted molar refractivity (Wildman–Crippen MR) is 123 cm³/mol. The minimum Gasteiger partial charge on any atom is -0.449 e. The number of anilines is 1. The third kappa shape index (κ3) is 4.39. The van der Waals surface area contributed by atoms with Crippen LogP contribution in [0, 0.1) is 11.3 Å². The number of hydrogen-bond donors (Lipinski definition) is 1. The van der Waals surface area contributed by atoms with E-state index < -0.39 is 35.3 Å². The molecule has 174 valence electrons. The van der Waals surface area contributed by atoms with E-state index in [0.29, 0.717) is 23.6 Å². The summed E-state index contributed by atoms with van der Waals surface area (Å²) in [5.41, 5.74) is -0.321. The Kier molecular flexibility index (Phi) is 6.40. The molecule has 2 aromatic rings. The zero-order chi connectivity index (χ0) is 24.5. The Morgan fingerprint density at radius 1 is 1.06 bits per heavy atom. The summed E-state index contributed by atoms with van der Waals surface area (Å²) in [5.74, 6) is -2.45. The maximum atomic E-state index is 12.9. The highest BCUT2D eigenvalue weighted by molar-refractivity contribution is 6.35. The summed E-state index contributed by atoms with van der Waals surface area (Å²) in [6.07, 6.45) is 2.67. The number of nitriles is 1. The van der Waals surface area contributed by atoms with Gasteiger partial charge in [-0.05, 0) is 62.2 Å². The van der Waals surface area contributed by atoms with Crippen molar-refractivity contribution in [3.8, 4) is 6.07 Å². The molecule has 3 amide bonds. The van der Waals surface area contributed by atoms with Crippen molar-refractivity contribution in [3.63, 3.8) is 0 Å². The molecule has 1 fully saturated rings. The fraction of sp³-hybridized carbons (Fsp3) is 0.320. The van der Waals surface area contributed by atoms with Crippen molar-refractivity contribution in [3.05, 3.63) is 64.2 Å². The Labute approximate surface area is 201 Å². The van der Waals surface area contributed by atoms with Crippen molar-refractivity contribution in [2.75, 3.05) is 4.90 Å². The zero-order valence-corrected chi connectivity index (χ0v) is 19.2. The van der Waals surface area contributed by atoms with Crippen LogP contribution in [0.1, 0.15) is 70.1 Å². The first-order valence-corrected chi connectivity index (χ1v) is 11.4. The van der Waals surface area contributed by atoms with Gasteiger partial charge in [-0.1, -0.05) is 30.9 Å². The van der Waals surface area contributed by atoms with Crippen molar-refractivity contribution >= 4 is 41.0 Å². The molecule has 0 spiro atoms. The first-order valence-electron chi connectivity index (χ1n) is 11.0. The molecule has 1 heterocycles. The molecule has 1 aliphatic carbocycles. The van der Waals surface area contributed by atoms with Gasteiger partial charge in [-0.25, -0.2) is 9.69 Å². The van der Waals surface area contributed by atoms with Crippen LogP contribution in [0.2, 0.25) is 5.02 Å². The highest BCUT2D eigenvalue weighted by Crippen LogP contribution is 2.30. The number of benzene rings is 2. The Hall–Kier alpha value is -3.70. The van der Waals surface area contributed by atoms with Crippen LogP contribution in [-0.2, 0) is 9.53 Å². The Morgan fingerprint density at radius 3 is 2.35 bits per heavy atom. The van der Waals surface area contributed by atoms with Crippen molar-refractivity contribution in [1.29, 1.82) is 5.26 Å². The van der Waals surface area contributed by atoms with Gasteiger partial charge in [0.25, 0.3) is 17.7 Å². The van der Waals surface area contributed by atoms with Crippen LogP contribution >= 0.6 is 11.6 Å². The summed E-state index contributed by atoms with van der Waals surface area (Å²) in [4.78, 5) is 52.0. The van der Waals surface area contributed by atoms with Gasteiger partial charge in [-0.2, -0.15) is 5.26 Å². The van der Waals surface area contributed by atoms with Gasteiger partial charge in [0.15, 0.2) is 6.10 Å². The molecule has 1 saturated carbocycles. The summed E-state index contributed by atoms with van der Waals surface area (Å²) < 4.78 is 5.29. The third-order valence-electron chi connectivity index (χ3n) is 6.14. The second-order valence-electron chi connectivity index (χ2n) is 8.47. The van der Waals surface area contributed by atoms with Crippen LogP contribution in [-0.4, -0.2) is 35.3 Å². The molecule has 0 saturated heterocycles. The number of nitrogens with one attached hydrogen (secondary N) is 1. The average molecular weight is 480 g/mol. The number of amides is 3. The first-order chi connectivity index (χ1) is 16.2. The van der Waals surface area contributed by atoms with Gasteiger partial charge in [0, 0.05) is 5.02 Å². The standard InChI is InChI=1S/C25H22ClN3O5/c1-15(21(30)28-25(14-27)11-3-2-4-12-25)34-24(33)16-5-10-19-20(13-16)23(32)29(22(19)31)18-8-6-17(26)7-9-18/h5-10,13,15H,2-4,11-12H2,1H3,(H,28,30). The number of imide groups is 1. The van der Waals surface area contributed by atoms with Crippen LogP contribution in [0.25, 0.3) is 0 Å². The topological polar surface area (TPSA) is 117 Å². The van der Waals surface area contributed by atoms with Crippen molar-refractivity contribution in [2.24, 2.45) is 0 Å². The van der Waals surface area contributed by atoms with Gasteiger partial charge in [0.1, 0.15) is 5.54 Å². The summed E-state index contributed by atoms with van der Waals surface area (Å²) in [6.45, 7) is 1.42. The number of rotatable bonds is 5. The maximum Gasteiger partial charge on any atom is 0.338 e. The highest BCUT2D eigenvalue weighted by atomic mass is 35.5. The van der Waals surface area contributed by atoms with E-state index in [1.54, 1.807) is 24.3 Å². The molecule has 2 aromatic carbocycles. The van der Waals surface area contributed by atoms with Crippen LogP contribution in [0.4, 0.5) is 5.69 Å². The predicted octanol–water partition coefficient (Wildman–Crippen LogP) is 4.03. The summed E-state index contributed by atoms with van der Waals surface area (Å²) >= 11 is 5.89. The van der Waals surface area contributed by atoms with E-state index in [0.717, 1.165) is 24.2 Å². The van der Waals surface area contributed by atoms with E-state index in [1.165, 1.54) is 25.1 Å². The van der Waals surface area contributed by atoms with Gasteiger partial charge in [0.2, 0.25) is 0 Å². The van der Waals surface area contributed by atoms with Gasteiger partial charge < -0.3 is 10.1 Å². The minimum atomic E-state index is -1.14. The number of fused-ring (bicyclic) bond motifs is 1. The van der Waals surface area contributed by atoms with Gasteiger partial charge in [-0.15, -0.1) is 0 Å². The highest BCUT2D eigenvalue weighted by Gasteiger charge is 2.38. The fourth-order valence-corrected chi connectivity index (χ4v) is 4.36. The molecule has 4 rings (SSSR count). The molecular formula is C25H22ClN3O5. The maximum absolute atomic E-state index is 12.9. The molecule has 9 heteroatoms. The van der Waals surface area contributed by atoms with E-state index in [4.69, 9.17) is 16.3 Å². The Balaban J connectivity index is 1.47. The second-order valence-corrected chi connectivity index (χ2v) is 8.91. The number of esters is 1. The number of carbonyl (C=O) groups is 4. The van der Waals surface area contributed by atoms with Gasteiger partial charge in [0.05, 0.1) is 28.4 Å². The van der Waals surface area contributed by atoms with Crippen molar-refractivity contribution in [1.82, 2.24) is 5.32 Å². The van der Waals surface area contributed by atoms with Crippen LogP contribution < -0.4 is 10.2 Å². The fourth-order valence-electron chi connectivity index (χ4n) is 4.23. The van der Waals surface area contributed by atoms with Gasteiger partial charge in [-0.3, -0.25) is 14.4 Å². The lowest BCUT2D eigenvalue weighted by molar-refractivity contribution is -0.130. The molecule has 1 unspecified atom stereocenters.